The molecule has 2 aromatic rings. The molecule has 1 aromatic heterocycles. The molecule has 0 atom stereocenters. The highest BCUT2D eigenvalue weighted by atomic mass is 35.5. The highest BCUT2D eigenvalue weighted by Crippen LogP contribution is 2.20. The van der Waals surface area contributed by atoms with Crippen LogP contribution in [0.2, 0.25) is 0 Å². The SMILES string of the molecule is CN(C)CCCNCCCNc1cc(=O)oc2ccccc12.Cl. The molecule has 0 aliphatic rings. The van der Waals surface area contributed by atoms with Crippen LogP contribution in [0.5, 0.6) is 0 Å². The molecule has 0 aliphatic heterocycles. The number of hydrogen-bond donors (Lipinski definition) is 2. The zero-order chi connectivity index (χ0) is 15.8. The van der Waals surface area contributed by atoms with Gasteiger partial charge in [-0.2, -0.15) is 0 Å². The molecule has 6 heteroatoms. The number of halogens is 1. The molecule has 0 saturated carbocycles. The van der Waals surface area contributed by atoms with Gasteiger partial charge in [-0.05, 0) is 58.7 Å². The van der Waals surface area contributed by atoms with E-state index in [0.717, 1.165) is 50.1 Å². The Bertz CT molecular complexity index is 643. The van der Waals surface area contributed by atoms with Gasteiger partial charge in [-0.15, -0.1) is 12.4 Å². The van der Waals surface area contributed by atoms with E-state index < -0.39 is 0 Å². The van der Waals surface area contributed by atoms with Crippen LogP contribution in [0.15, 0.2) is 39.5 Å². The van der Waals surface area contributed by atoms with Crippen LogP contribution in [0.25, 0.3) is 11.0 Å². The molecule has 128 valence electrons. The molecule has 0 amide bonds. The lowest BCUT2D eigenvalue weighted by molar-refractivity contribution is 0.394. The third-order valence-corrected chi connectivity index (χ3v) is 3.45. The number of para-hydroxylation sites is 1. The van der Waals surface area contributed by atoms with Gasteiger partial charge in [0, 0.05) is 18.0 Å². The minimum absolute atomic E-state index is 0. The Hall–Kier alpha value is -1.56. The van der Waals surface area contributed by atoms with Crippen molar-refractivity contribution in [1.29, 1.82) is 0 Å². The maximum Gasteiger partial charge on any atom is 0.338 e. The number of benzene rings is 1. The van der Waals surface area contributed by atoms with E-state index in [1.165, 1.54) is 6.07 Å². The summed E-state index contributed by atoms with van der Waals surface area (Å²) in [6, 6.07) is 9.10. The second-order valence-corrected chi connectivity index (χ2v) is 5.66. The quantitative estimate of drug-likeness (QED) is 0.543. The van der Waals surface area contributed by atoms with Gasteiger partial charge in [-0.25, -0.2) is 4.79 Å². The van der Waals surface area contributed by atoms with Crippen LogP contribution < -0.4 is 16.3 Å². The number of nitrogens with one attached hydrogen (secondary N) is 2. The Balaban J connectivity index is 0.00000264. The molecule has 0 aliphatic carbocycles. The summed E-state index contributed by atoms with van der Waals surface area (Å²) in [6.07, 6.45) is 2.17. The molecule has 0 saturated heterocycles. The number of anilines is 1. The van der Waals surface area contributed by atoms with Crippen LogP contribution in [0.4, 0.5) is 5.69 Å². The maximum absolute atomic E-state index is 11.5. The lowest BCUT2D eigenvalue weighted by Crippen LogP contribution is -2.23. The minimum atomic E-state index is -0.317. The van der Waals surface area contributed by atoms with Gasteiger partial charge < -0.3 is 20.0 Å². The molecular weight excluding hydrogens is 314 g/mol. The van der Waals surface area contributed by atoms with Crippen molar-refractivity contribution in [3.63, 3.8) is 0 Å². The largest absolute Gasteiger partial charge is 0.423 e. The molecule has 0 radical (unpaired) electrons. The van der Waals surface area contributed by atoms with Crippen molar-refractivity contribution in [2.24, 2.45) is 0 Å². The van der Waals surface area contributed by atoms with Gasteiger partial charge in [0.1, 0.15) is 5.58 Å². The lowest BCUT2D eigenvalue weighted by Gasteiger charge is -2.11. The highest BCUT2D eigenvalue weighted by Gasteiger charge is 2.03. The van der Waals surface area contributed by atoms with Gasteiger partial charge in [0.05, 0.1) is 5.69 Å². The van der Waals surface area contributed by atoms with Crippen molar-refractivity contribution < 1.29 is 4.42 Å². The van der Waals surface area contributed by atoms with Crippen molar-refractivity contribution in [2.75, 3.05) is 45.6 Å². The molecule has 1 heterocycles. The maximum atomic E-state index is 11.5. The average Bonchev–Trinajstić information content (AvgIpc) is 2.49. The Labute approximate surface area is 143 Å². The molecule has 0 unspecified atom stereocenters. The normalized spacial score (nSPS) is 10.7. The fourth-order valence-electron chi connectivity index (χ4n) is 2.34. The first-order valence-electron chi connectivity index (χ1n) is 7.79. The van der Waals surface area contributed by atoms with E-state index in [2.05, 4.69) is 29.6 Å². The van der Waals surface area contributed by atoms with Crippen molar-refractivity contribution in [1.82, 2.24) is 10.2 Å². The average molecular weight is 340 g/mol. The van der Waals surface area contributed by atoms with Crippen LogP contribution in [0.3, 0.4) is 0 Å². The van der Waals surface area contributed by atoms with Gasteiger partial charge in [-0.3, -0.25) is 0 Å². The van der Waals surface area contributed by atoms with E-state index in [1.54, 1.807) is 0 Å². The Kier molecular flexibility index (Phi) is 8.69. The van der Waals surface area contributed by atoms with Gasteiger partial charge in [0.25, 0.3) is 0 Å². The summed E-state index contributed by atoms with van der Waals surface area (Å²) in [4.78, 5) is 13.7. The van der Waals surface area contributed by atoms with E-state index in [-0.39, 0.29) is 18.0 Å². The summed E-state index contributed by atoms with van der Waals surface area (Å²) < 4.78 is 5.18. The fraction of sp³-hybridized carbons (Fsp3) is 0.471. The topological polar surface area (TPSA) is 57.5 Å². The Morgan fingerprint density at radius 3 is 2.61 bits per heavy atom. The molecule has 0 spiro atoms. The first-order chi connectivity index (χ1) is 10.7. The molecule has 5 nitrogen and oxygen atoms in total. The van der Waals surface area contributed by atoms with E-state index in [4.69, 9.17) is 4.42 Å². The summed E-state index contributed by atoms with van der Waals surface area (Å²) in [5.74, 6) is 0. The predicted molar refractivity (Wildman–Crippen MR) is 98.9 cm³/mol. The van der Waals surface area contributed by atoms with E-state index in [1.807, 2.05) is 24.3 Å². The van der Waals surface area contributed by atoms with Gasteiger partial charge in [0.2, 0.25) is 0 Å². The highest BCUT2D eigenvalue weighted by molar-refractivity contribution is 5.89. The van der Waals surface area contributed by atoms with Crippen LogP contribution in [0.1, 0.15) is 12.8 Å². The minimum Gasteiger partial charge on any atom is -0.423 e. The zero-order valence-corrected chi connectivity index (χ0v) is 14.6. The van der Waals surface area contributed by atoms with Crippen molar-refractivity contribution >= 4 is 29.1 Å². The van der Waals surface area contributed by atoms with Crippen LogP contribution >= 0.6 is 12.4 Å². The van der Waals surface area contributed by atoms with E-state index >= 15 is 0 Å². The van der Waals surface area contributed by atoms with Crippen molar-refractivity contribution in [3.8, 4) is 0 Å². The molecule has 1 aromatic carbocycles. The first kappa shape index (κ1) is 19.5. The molecular formula is C17H26ClN3O2. The number of nitrogens with zero attached hydrogens (tertiary/aromatic N) is 1. The zero-order valence-electron chi connectivity index (χ0n) is 13.8. The second kappa shape index (κ2) is 10.3. The predicted octanol–water partition coefficient (Wildman–Crippen LogP) is 2.56. The number of hydrogen-bond acceptors (Lipinski definition) is 5. The standard InChI is InChI=1S/C17H25N3O2.ClH/c1-20(2)12-6-10-18-9-5-11-19-15-13-17(21)22-16-8-4-3-7-14(15)16;/h3-4,7-8,13,18-19H,5-6,9-12H2,1-2H3;1H. The summed E-state index contributed by atoms with van der Waals surface area (Å²) >= 11 is 0. The van der Waals surface area contributed by atoms with Crippen molar-refractivity contribution in [2.45, 2.75) is 12.8 Å². The first-order valence-corrected chi connectivity index (χ1v) is 7.79. The van der Waals surface area contributed by atoms with Gasteiger partial charge in [-0.1, -0.05) is 12.1 Å². The molecule has 0 fully saturated rings. The molecule has 2 rings (SSSR count). The van der Waals surface area contributed by atoms with Gasteiger partial charge >= 0.3 is 5.63 Å². The molecule has 0 bridgehead atoms. The fourth-order valence-corrected chi connectivity index (χ4v) is 2.34. The van der Waals surface area contributed by atoms with E-state index in [0.29, 0.717) is 5.58 Å². The number of fused-ring (bicyclic) bond motifs is 1. The summed E-state index contributed by atoms with van der Waals surface area (Å²) in [7, 11) is 4.18. The van der Waals surface area contributed by atoms with Gasteiger partial charge in [0.15, 0.2) is 0 Å². The molecule has 2 N–H and O–H groups in total. The van der Waals surface area contributed by atoms with Crippen LogP contribution in [-0.4, -0.2) is 45.2 Å². The third-order valence-electron chi connectivity index (χ3n) is 3.45. The monoisotopic (exact) mass is 339 g/mol. The van der Waals surface area contributed by atoms with Crippen molar-refractivity contribution in [3.05, 3.63) is 40.8 Å². The number of rotatable bonds is 9. The summed E-state index contributed by atoms with van der Waals surface area (Å²) in [5.41, 5.74) is 1.15. The molecule has 23 heavy (non-hydrogen) atoms. The summed E-state index contributed by atoms with van der Waals surface area (Å²) in [5, 5.41) is 7.70. The Morgan fingerprint density at radius 2 is 1.83 bits per heavy atom. The smallest absolute Gasteiger partial charge is 0.338 e. The van der Waals surface area contributed by atoms with E-state index in [9.17, 15) is 4.79 Å². The third kappa shape index (κ3) is 6.60. The van der Waals surface area contributed by atoms with Crippen LogP contribution in [-0.2, 0) is 0 Å². The lowest BCUT2D eigenvalue weighted by atomic mass is 10.2. The second-order valence-electron chi connectivity index (χ2n) is 5.66. The summed E-state index contributed by atoms with van der Waals surface area (Å²) in [6.45, 7) is 3.95. The Morgan fingerprint density at radius 1 is 1.09 bits per heavy atom. The van der Waals surface area contributed by atoms with Crippen LogP contribution in [0, 0.1) is 0 Å².